The largest absolute Gasteiger partial charge is 0.311 e. The van der Waals surface area contributed by atoms with Crippen LogP contribution in [0.4, 0.5) is 5.69 Å². The summed E-state index contributed by atoms with van der Waals surface area (Å²) in [5.74, 6) is 0.547. The number of carbonyl (C=O) groups excluding carboxylic acids is 1. The van der Waals surface area contributed by atoms with Gasteiger partial charge in [-0.1, -0.05) is 19.1 Å². The van der Waals surface area contributed by atoms with Crippen LogP contribution in [0.2, 0.25) is 0 Å². The number of anilines is 1. The second kappa shape index (κ2) is 7.51. The number of aryl methyl sites for hydroxylation is 2. The second-order valence-corrected chi connectivity index (χ2v) is 8.77. The third kappa shape index (κ3) is 3.37. The van der Waals surface area contributed by atoms with Crippen LogP contribution in [0.1, 0.15) is 36.3 Å². The molecular weight excluding hydrogens is 370 g/mol. The second-order valence-electron chi connectivity index (χ2n) is 7.69. The predicted octanol–water partition coefficient (Wildman–Crippen LogP) is 3.94. The smallest absolute Gasteiger partial charge is 0.262 e. The van der Waals surface area contributed by atoms with E-state index in [1.54, 1.807) is 16.2 Å². The van der Waals surface area contributed by atoms with E-state index in [9.17, 15) is 9.59 Å². The topological polar surface area (TPSA) is 55.2 Å². The lowest BCUT2D eigenvalue weighted by Gasteiger charge is -2.22. The van der Waals surface area contributed by atoms with Crippen LogP contribution in [0, 0.1) is 12.8 Å². The number of thiophene rings is 1. The Labute approximate surface area is 168 Å². The normalized spacial score (nSPS) is 16.2. The molecule has 5 nitrogen and oxygen atoms in total. The number of fused-ring (bicyclic) bond motifs is 3. The molecule has 2 heterocycles. The molecule has 6 heteroatoms. The Morgan fingerprint density at radius 3 is 2.96 bits per heavy atom. The third-order valence-corrected chi connectivity index (χ3v) is 6.68. The highest BCUT2D eigenvalue weighted by Crippen LogP contribution is 2.35. The average Bonchev–Trinajstić information content (AvgIpc) is 3.03. The van der Waals surface area contributed by atoms with Crippen LogP contribution in [0.3, 0.4) is 0 Å². The van der Waals surface area contributed by atoms with Crippen LogP contribution in [0.15, 0.2) is 35.4 Å². The molecule has 0 unspecified atom stereocenters. The Morgan fingerprint density at radius 1 is 1.39 bits per heavy atom. The fourth-order valence-electron chi connectivity index (χ4n) is 4.01. The van der Waals surface area contributed by atoms with E-state index in [1.807, 2.05) is 38.1 Å². The van der Waals surface area contributed by atoms with E-state index in [0.717, 1.165) is 46.3 Å². The number of amides is 1. The van der Waals surface area contributed by atoms with Gasteiger partial charge in [0.1, 0.15) is 11.4 Å². The summed E-state index contributed by atoms with van der Waals surface area (Å²) in [6.45, 7) is 6.76. The summed E-state index contributed by atoms with van der Waals surface area (Å²) in [6, 6.07) is 7.86. The van der Waals surface area contributed by atoms with Gasteiger partial charge in [0.2, 0.25) is 5.91 Å². The zero-order valence-electron chi connectivity index (χ0n) is 16.6. The number of nitrogens with zero attached hydrogens (tertiary/aromatic N) is 3. The maximum Gasteiger partial charge on any atom is 0.262 e. The lowest BCUT2D eigenvalue weighted by molar-refractivity contribution is -0.119. The zero-order valence-corrected chi connectivity index (χ0v) is 17.4. The van der Waals surface area contributed by atoms with Crippen molar-refractivity contribution in [2.75, 3.05) is 11.4 Å². The monoisotopic (exact) mass is 395 g/mol. The maximum atomic E-state index is 13.1. The van der Waals surface area contributed by atoms with Gasteiger partial charge in [0.25, 0.3) is 5.56 Å². The van der Waals surface area contributed by atoms with E-state index >= 15 is 0 Å². The first-order chi connectivity index (χ1) is 13.5. The van der Waals surface area contributed by atoms with E-state index in [-0.39, 0.29) is 18.0 Å². The summed E-state index contributed by atoms with van der Waals surface area (Å²) in [4.78, 5) is 34.4. The Morgan fingerprint density at radius 2 is 2.21 bits per heavy atom. The molecule has 0 spiro atoms. The Balaban J connectivity index is 1.67. The quantitative estimate of drug-likeness (QED) is 0.672. The van der Waals surface area contributed by atoms with Gasteiger partial charge in [0.05, 0.1) is 11.7 Å². The maximum absolute atomic E-state index is 13.1. The zero-order chi connectivity index (χ0) is 19.8. The van der Waals surface area contributed by atoms with E-state index in [4.69, 9.17) is 0 Å². The molecule has 3 aromatic rings. The molecule has 0 N–H and O–H groups in total. The summed E-state index contributed by atoms with van der Waals surface area (Å²) in [5, 5.41) is 0.723. The molecule has 1 aromatic carbocycles. The summed E-state index contributed by atoms with van der Waals surface area (Å²) in [7, 11) is 0. The van der Waals surface area contributed by atoms with Gasteiger partial charge in [0.15, 0.2) is 0 Å². The van der Waals surface area contributed by atoms with Crippen molar-refractivity contribution in [1.82, 2.24) is 9.55 Å². The van der Waals surface area contributed by atoms with Crippen molar-refractivity contribution in [1.29, 1.82) is 0 Å². The van der Waals surface area contributed by atoms with Gasteiger partial charge in [0, 0.05) is 17.1 Å². The van der Waals surface area contributed by atoms with E-state index in [2.05, 4.69) is 11.9 Å². The van der Waals surface area contributed by atoms with E-state index < -0.39 is 0 Å². The standard InChI is InChI=1S/C22H25N3O2S/c1-4-25(16-7-5-6-14(2)10-16)19(26)12-24-13-23-21-20(22(24)27)17-9-8-15(3)11-18(17)28-21/h5-7,10,13,15H,4,8-9,11-12H2,1-3H3/t15-/m0/s1. The van der Waals surface area contributed by atoms with Gasteiger partial charge in [-0.2, -0.15) is 0 Å². The van der Waals surface area contributed by atoms with Gasteiger partial charge in [-0.15, -0.1) is 11.3 Å². The molecule has 0 saturated carbocycles. The molecule has 28 heavy (non-hydrogen) atoms. The summed E-state index contributed by atoms with van der Waals surface area (Å²) in [5.41, 5.74) is 3.02. The fourth-order valence-corrected chi connectivity index (χ4v) is 5.35. The van der Waals surface area contributed by atoms with Gasteiger partial charge in [-0.05, 0) is 62.3 Å². The Hall–Kier alpha value is -2.47. The third-order valence-electron chi connectivity index (χ3n) is 5.52. The van der Waals surface area contributed by atoms with Crippen LogP contribution in [0.25, 0.3) is 10.2 Å². The number of rotatable bonds is 4. The number of likely N-dealkylation sites (N-methyl/N-ethyl adjacent to an activating group) is 1. The number of aromatic nitrogens is 2. The van der Waals surface area contributed by atoms with Crippen molar-refractivity contribution in [3.8, 4) is 0 Å². The molecule has 1 aliphatic rings. The minimum Gasteiger partial charge on any atom is -0.311 e. The number of benzene rings is 1. The highest BCUT2D eigenvalue weighted by molar-refractivity contribution is 7.18. The number of carbonyl (C=O) groups is 1. The van der Waals surface area contributed by atoms with Gasteiger partial charge in [-0.25, -0.2) is 4.98 Å². The molecule has 4 rings (SSSR count). The summed E-state index contributed by atoms with van der Waals surface area (Å²) >= 11 is 1.63. The molecule has 0 fully saturated rings. The van der Waals surface area contributed by atoms with E-state index in [1.165, 1.54) is 15.8 Å². The lowest BCUT2D eigenvalue weighted by Crippen LogP contribution is -2.36. The Bertz CT molecular complexity index is 1100. The summed E-state index contributed by atoms with van der Waals surface area (Å²) in [6.07, 6.45) is 4.57. The lowest BCUT2D eigenvalue weighted by atomic mass is 9.89. The van der Waals surface area contributed by atoms with Crippen molar-refractivity contribution < 1.29 is 4.79 Å². The first-order valence-corrected chi connectivity index (χ1v) is 10.7. The van der Waals surface area contributed by atoms with Crippen LogP contribution in [-0.4, -0.2) is 22.0 Å². The molecule has 0 radical (unpaired) electrons. The van der Waals surface area contributed by atoms with E-state index in [0.29, 0.717) is 12.5 Å². The predicted molar refractivity (Wildman–Crippen MR) is 114 cm³/mol. The molecule has 1 aliphatic carbocycles. The minimum absolute atomic E-state index is 0.00454. The van der Waals surface area contributed by atoms with Crippen LogP contribution >= 0.6 is 11.3 Å². The van der Waals surface area contributed by atoms with Crippen molar-refractivity contribution in [3.63, 3.8) is 0 Å². The summed E-state index contributed by atoms with van der Waals surface area (Å²) < 4.78 is 1.47. The highest BCUT2D eigenvalue weighted by atomic mass is 32.1. The SMILES string of the molecule is CCN(C(=O)Cn1cnc2sc3c(c2c1=O)CC[C@H](C)C3)c1cccc(C)c1. The van der Waals surface area contributed by atoms with Crippen molar-refractivity contribution in [2.24, 2.45) is 5.92 Å². The minimum atomic E-state index is -0.103. The van der Waals surface area contributed by atoms with Crippen molar-refractivity contribution >= 4 is 33.1 Å². The molecule has 0 bridgehead atoms. The first-order valence-electron chi connectivity index (χ1n) is 9.84. The molecule has 0 saturated heterocycles. The molecule has 1 amide bonds. The van der Waals surface area contributed by atoms with Crippen molar-refractivity contribution in [3.05, 3.63) is 57.0 Å². The Kier molecular flexibility index (Phi) is 5.06. The van der Waals surface area contributed by atoms with Gasteiger partial charge < -0.3 is 4.90 Å². The van der Waals surface area contributed by atoms with Crippen LogP contribution in [-0.2, 0) is 24.2 Å². The first kappa shape index (κ1) is 18.9. The molecule has 146 valence electrons. The fraction of sp³-hybridized carbons (Fsp3) is 0.409. The van der Waals surface area contributed by atoms with Gasteiger partial charge in [-0.3, -0.25) is 14.2 Å². The highest BCUT2D eigenvalue weighted by Gasteiger charge is 2.24. The number of hydrogen-bond donors (Lipinski definition) is 0. The van der Waals surface area contributed by atoms with Crippen LogP contribution in [0.5, 0.6) is 0 Å². The molecule has 2 aromatic heterocycles. The van der Waals surface area contributed by atoms with Gasteiger partial charge >= 0.3 is 0 Å². The van der Waals surface area contributed by atoms with Crippen molar-refractivity contribution in [2.45, 2.75) is 46.6 Å². The molecular formula is C22H25N3O2S. The van der Waals surface area contributed by atoms with Crippen LogP contribution < -0.4 is 10.5 Å². The molecule has 1 atom stereocenters. The average molecular weight is 396 g/mol. The number of hydrogen-bond acceptors (Lipinski definition) is 4. The molecule has 0 aliphatic heterocycles.